The van der Waals surface area contributed by atoms with Crippen molar-refractivity contribution in [2.45, 2.75) is 70.1 Å². The van der Waals surface area contributed by atoms with Crippen LogP contribution in [0, 0.1) is 22.7 Å². The Kier molecular flexibility index (Phi) is 9.13. The minimum Gasteiger partial charge on any atom is -0.488 e. The Bertz CT molecular complexity index is 2570. The zero-order valence-electron chi connectivity index (χ0n) is 34.4. The van der Waals surface area contributed by atoms with E-state index in [1.165, 1.54) is 0 Å². The first-order valence-corrected chi connectivity index (χ1v) is 21.2. The fourth-order valence-electron chi connectivity index (χ4n) is 11.1. The minimum absolute atomic E-state index is 0.0871. The molecule has 1 aliphatic carbocycles. The molecule has 5 aliphatic heterocycles. The Hall–Kier alpha value is -6.40. The van der Waals surface area contributed by atoms with Gasteiger partial charge < -0.3 is 19.9 Å². The highest BCUT2D eigenvalue weighted by Gasteiger charge is 2.69. The van der Waals surface area contributed by atoms with Crippen LogP contribution in [0.5, 0.6) is 5.75 Å². The molecule has 10 rings (SSSR count). The number of imide groups is 2. The number of nitrogens with one attached hydrogen (secondary N) is 2. The molecule has 0 spiro atoms. The van der Waals surface area contributed by atoms with E-state index in [1.54, 1.807) is 30.6 Å². The number of amides is 5. The first kappa shape index (κ1) is 38.8. The molecule has 4 atom stereocenters. The SMILES string of the molecule is CC1(C)[C@H](NC(=O)c2ccc(N3CCC(CN4CCN(c5ccc6c(c5)C(=O)N(C5CCC(=O)NC5=O)C6=O)CC4)CC3)nc2)C2(C)c3ccnc4c(C#N)ccc(c34)O[C@@H]12. The highest BCUT2D eigenvalue weighted by molar-refractivity contribution is 6.23. The second-order valence-electron chi connectivity index (χ2n) is 18.1. The quantitative estimate of drug-likeness (QED) is 0.258. The normalized spacial score (nSPS) is 25.9. The maximum Gasteiger partial charge on any atom is 0.262 e. The first-order chi connectivity index (χ1) is 29.4. The van der Waals surface area contributed by atoms with E-state index >= 15 is 0 Å². The maximum absolute atomic E-state index is 13.8. The van der Waals surface area contributed by atoms with Crippen molar-refractivity contribution in [3.8, 4) is 11.8 Å². The van der Waals surface area contributed by atoms with E-state index in [1.807, 2.05) is 30.3 Å². The zero-order valence-corrected chi connectivity index (χ0v) is 34.4. The standard InChI is InChI=1S/C46H47N9O6/c1-45(2)43(46(3)32-12-15-48-38-27(23-47)4-9-34(37(32)38)61-44(45)46)51-39(57)28-5-10-35(49-24-28)54-16-13-26(14-17-54)25-52-18-20-53(21-19-52)29-6-7-30-31(22-29)42(60)55(41(30)59)33-8-11-36(56)50-40(33)58/h4-7,9-10,12,15,22,24,26,33,43-44H,8,11,13-14,16-21,25H2,1-3H3,(H,51,57)(H,50,56,58)/t33?,43-,44-,46?/m0/s1. The smallest absolute Gasteiger partial charge is 0.262 e. The molecule has 1 saturated carbocycles. The van der Waals surface area contributed by atoms with Gasteiger partial charge in [-0.25, -0.2) is 4.98 Å². The number of pyridine rings is 2. The van der Waals surface area contributed by atoms with Gasteiger partial charge in [-0.1, -0.05) is 13.8 Å². The number of benzene rings is 2. The van der Waals surface area contributed by atoms with Crippen molar-refractivity contribution in [3.63, 3.8) is 0 Å². The van der Waals surface area contributed by atoms with E-state index in [2.05, 4.69) is 57.2 Å². The molecule has 4 fully saturated rings. The van der Waals surface area contributed by atoms with Crippen LogP contribution in [0.3, 0.4) is 0 Å². The summed E-state index contributed by atoms with van der Waals surface area (Å²) in [4.78, 5) is 81.7. The minimum atomic E-state index is -0.979. The lowest BCUT2D eigenvalue weighted by molar-refractivity contribution is -0.136. The number of carbonyl (C=O) groups is 5. The number of carbonyl (C=O) groups excluding carboxylic acids is 5. The Morgan fingerprint density at radius 3 is 2.39 bits per heavy atom. The third-order valence-electron chi connectivity index (χ3n) is 14.3. The van der Waals surface area contributed by atoms with Crippen molar-refractivity contribution in [1.82, 2.24) is 30.4 Å². The highest BCUT2D eigenvalue weighted by atomic mass is 16.5. The van der Waals surface area contributed by atoms with Gasteiger partial charge in [0.05, 0.1) is 39.2 Å². The number of piperazine rings is 1. The van der Waals surface area contributed by atoms with Gasteiger partial charge in [0, 0.05) is 81.1 Å². The van der Waals surface area contributed by atoms with Crippen LogP contribution in [-0.2, 0) is 15.0 Å². The predicted octanol–water partition coefficient (Wildman–Crippen LogP) is 3.80. The third kappa shape index (κ3) is 6.13. The molecule has 7 heterocycles. The molecular formula is C46H47N9O6. The second kappa shape index (κ2) is 14.4. The summed E-state index contributed by atoms with van der Waals surface area (Å²) in [7, 11) is 0. The van der Waals surface area contributed by atoms with Crippen molar-refractivity contribution in [3.05, 3.63) is 88.7 Å². The molecule has 2 unspecified atom stereocenters. The number of piperidine rings is 2. The summed E-state index contributed by atoms with van der Waals surface area (Å²) in [6, 6.07) is 15.7. The number of anilines is 2. The van der Waals surface area contributed by atoms with Crippen LogP contribution in [0.1, 0.15) is 88.7 Å². The Balaban J connectivity index is 0.719. The van der Waals surface area contributed by atoms with E-state index in [4.69, 9.17) is 9.72 Å². The topological polar surface area (TPSA) is 181 Å². The summed E-state index contributed by atoms with van der Waals surface area (Å²) in [5.41, 5.74) is 3.21. The fourth-order valence-corrected chi connectivity index (χ4v) is 11.1. The third-order valence-corrected chi connectivity index (χ3v) is 14.3. The lowest BCUT2D eigenvalue weighted by atomic mass is 9.45. The molecule has 0 bridgehead atoms. The van der Waals surface area contributed by atoms with Gasteiger partial charge in [-0.2, -0.15) is 5.26 Å². The lowest BCUT2D eigenvalue weighted by Gasteiger charge is -2.66. The molecule has 2 aromatic heterocycles. The van der Waals surface area contributed by atoms with E-state index in [0.29, 0.717) is 28.1 Å². The molecular weight excluding hydrogens is 775 g/mol. The summed E-state index contributed by atoms with van der Waals surface area (Å²) >= 11 is 0. The van der Waals surface area contributed by atoms with E-state index in [9.17, 15) is 29.2 Å². The molecule has 312 valence electrons. The number of aromatic nitrogens is 2. The van der Waals surface area contributed by atoms with Gasteiger partial charge in [-0.15, -0.1) is 0 Å². The molecule has 61 heavy (non-hydrogen) atoms. The van der Waals surface area contributed by atoms with Gasteiger partial charge in [0.25, 0.3) is 17.7 Å². The van der Waals surface area contributed by atoms with E-state index in [0.717, 1.165) is 91.8 Å². The number of fused-ring (bicyclic) bond motifs is 3. The highest BCUT2D eigenvalue weighted by Crippen LogP contribution is 2.61. The van der Waals surface area contributed by atoms with Crippen LogP contribution in [-0.4, -0.2) is 113 Å². The Morgan fingerprint density at radius 2 is 1.67 bits per heavy atom. The average molecular weight is 822 g/mol. The molecule has 0 radical (unpaired) electrons. The molecule has 15 heteroatoms. The van der Waals surface area contributed by atoms with Gasteiger partial charge in [-0.05, 0) is 86.2 Å². The van der Waals surface area contributed by atoms with Gasteiger partial charge in [0.15, 0.2) is 0 Å². The first-order valence-electron chi connectivity index (χ1n) is 21.2. The number of nitrogens with zero attached hydrogens (tertiary/aromatic N) is 7. The van der Waals surface area contributed by atoms with Crippen LogP contribution in [0.4, 0.5) is 11.5 Å². The summed E-state index contributed by atoms with van der Waals surface area (Å²) in [5, 5.41) is 16.2. The monoisotopic (exact) mass is 821 g/mol. The van der Waals surface area contributed by atoms with E-state index in [-0.39, 0.29) is 41.9 Å². The van der Waals surface area contributed by atoms with Crippen LogP contribution in [0.15, 0.2) is 60.9 Å². The Labute approximate surface area is 353 Å². The molecule has 2 N–H and O–H groups in total. The summed E-state index contributed by atoms with van der Waals surface area (Å²) in [6.45, 7) is 12.5. The largest absolute Gasteiger partial charge is 0.488 e. The molecule has 2 aromatic carbocycles. The van der Waals surface area contributed by atoms with Crippen LogP contribution < -0.4 is 25.2 Å². The molecule has 3 saturated heterocycles. The molecule has 6 aliphatic rings. The molecule has 4 aromatic rings. The van der Waals surface area contributed by atoms with Crippen molar-refractivity contribution >= 4 is 51.9 Å². The van der Waals surface area contributed by atoms with Crippen LogP contribution in [0.25, 0.3) is 10.9 Å². The molecule has 5 amide bonds. The average Bonchev–Trinajstić information content (AvgIpc) is 3.52. The molecule has 15 nitrogen and oxygen atoms in total. The van der Waals surface area contributed by atoms with E-state index < -0.39 is 35.1 Å². The second-order valence-corrected chi connectivity index (χ2v) is 18.1. The van der Waals surface area contributed by atoms with Gasteiger partial charge in [-0.3, -0.25) is 44.1 Å². The summed E-state index contributed by atoms with van der Waals surface area (Å²) in [6.07, 6.45) is 5.52. The number of hydrogen-bond acceptors (Lipinski definition) is 12. The van der Waals surface area contributed by atoms with Gasteiger partial charge >= 0.3 is 0 Å². The van der Waals surface area contributed by atoms with Crippen molar-refractivity contribution < 1.29 is 28.7 Å². The van der Waals surface area contributed by atoms with Gasteiger partial charge in [0.1, 0.15) is 29.8 Å². The van der Waals surface area contributed by atoms with Crippen LogP contribution in [0.2, 0.25) is 0 Å². The lowest BCUT2D eigenvalue weighted by Crippen LogP contribution is -2.78. The number of rotatable bonds is 7. The van der Waals surface area contributed by atoms with Crippen molar-refractivity contribution in [2.75, 3.05) is 55.6 Å². The summed E-state index contributed by atoms with van der Waals surface area (Å²) in [5.74, 6) is -0.0481. The maximum atomic E-state index is 13.8. The predicted molar refractivity (Wildman–Crippen MR) is 224 cm³/mol. The summed E-state index contributed by atoms with van der Waals surface area (Å²) < 4.78 is 6.57. The number of nitriles is 1. The van der Waals surface area contributed by atoms with Gasteiger partial charge in [0.2, 0.25) is 11.8 Å². The van der Waals surface area contributed by atoms with Crippen molar-refractivity contribution in [2.24, 2.45) is 11.3 Å². The number of hydrogen-bond donors (Lipinski definition) is 2. The fraction of sp³-hybridized carbons (Fsp3) is 0.435. The van der Waals surface area contributed by atoms with Crippen molar-refractivity contribution in [1.29, 1.82) is 5.26 Å². The number of ether oxygens (including phenoxy) is 1. The van der Waals surface area contributed by atoms with Crippen LogP contribution >= 0.6 is 0 Å². The zero-order chi connectivity index (χ0) is 42.4. The Morgan fingerprint density at radius 1 is 0.902 bits per heavy atom.